The molecular formula is C21H25NO6. The molecule has 7 nitrogen and oxygen atoms in total. The maximum atomic E-state index is 12.6. The van der Waals surface area contributed by atoms with E-state index < -0.39 is 17.9 Å². The molecule has 0 aliphatic carbocycles. The van der Waals surface area contributed by atoms with Crippen molar-refractivity contribution in [3.63, 3.8) is 0 Å². The van der Waals surface area contributed by atoms with Gasteiger partial charge < -0.3 is 24.6 Å². The molecule has 0 bridgehead atoms. The van der Waals surface area contributed by atoms with Gasteiger partial charge in [0.05, 0.1) is 20.8 Å². The molecule has 2 aromatic rings. The lowest BCUT2D eigenvalue weighted by Gasteiger charge is -2.16. The van der Waals surface area contributed by atoms with Crippen LogP contribution in [0, 0.1) is 0 Å². The highest BCUT2D eigenvalue weighted by molar-refractivity contribution is 5.97. The first-order valence-corrected chi connectivity index (χ1v) is 8.98. The van der Waals surface area contributed by atoms with Gasteiger partial charge in [-0.25, -0.2) is 4.79 Å². The minimum absolute atomic E-state index is 0.277. The molecule has 0 aliphatic heterocycles. The predicted octanol–water partition coefficient (Wildman–Crippen LogP) is 3.44. The largest absolute Gasteiger partial charge is 0.497 e. The minimum Gasteiger partial charge on any atom is -0.497 e. The zero-order valence-electron chi connectivity index (χ0n) is 16.2. The standard InChI is InChI=1S/C21H25NO6/c1-4-5-12-28-17-11-8-15(13-18(17)27-3)20(23)22-19(21(24)25)14-6-9-16(26-2)10-7-14/h6-11,13,19H,4-5,12H2,1-3H3,(H,22,23)(H,24,25). The number of hydrogen-bond donors (Lipinski definition) is 2. The molecule has 2 aromatic carbocycles. The third-order valence-corrected chi connectivity index (χ3v) is 4.15. The van der Waals surface area contributed by atoms with Crippen LogP contribution >= 0.6 is 0 Å². The second-order valence-corrected chi connectivity index (χ2v) is 6.09. The summed E-state index contributed by atoms with van der Waals surface area (Å²) in [4.78, 5) is 24.3. The van der Waals surface area contributed by atoms with Crippen molar-refractivity contribution in [3.8, 4) is 17.2 Å². The average Bonchev–Trinajstić information content (AvgIpc) is 2.72. The second-order valence-electron chi connectivity index (χ2n) is 6.09. The molecule has 0 heterocycles. The van der Waals surface area contributed by atoms with E-state index in [-0.39, 0.29) is 5.56 Å². The fourth-order valence-electron chi connectivity index (χ4n) is 2.55. The Morgan fingerprint density at radius 2 is 1.75 bits per heavy atom. The van der Waals surface area contributed by atoms with Crippen LogP contribution in [0.15, 0.2) is 42.5 Å². The smallest absolute Gasteiger partial charge is 0.330 e. The highest BCUT2D eigenvalue weighted by Gasteiger charge is 2.23. The lowest BCUT2D eigenvalue weighted by atomic mass is 10.1. The van der Waals surface area contributed by atoms with Crippen molar-refractivity contribution in [2.75, 3.05) is 20.8 Å². The molecular weight excluding hydrogens is 362 g/mol. The molecule has 0 aromatic heterocycles. The van der Waals surface area contributed by atoms with E-state index in [1.54, 1.807) is 36.4 Å². The molecule has 0 spiro atoms. The van der Waals surface area contributed by atoms with Crippen LogP contribution in [0.5, 0.6) is 17.2 Å². The topological polar surface area (TPSA) is 94.1 Å². The highest BCUT2D eigenvalue weighted by atomic mass is 16.5. The number of carbonyl (C=O) groups is 2. The molecule has 7 heteroatoms. The molecule has 2 N–H and O–H groups in total. The molecule has 1 unspecified atom stereocenters. The summed E-state index contributed by atoms with van der Waals surface area (Å²) < 4.78 is 16.0. The van der Waals surface area contributed by atoms with Gasteiger partial charge in [-0.05, 0) is 42.3 Å². The Bertz CT molecular complexity index is 803. The molecule has 2 rings (SSSR count). The summed E-state index contributed by atoms with van der Waals surface area (Å²) in [5.74, 6) is -0.133. The lowest BCUT2D eigenvalue weighted by Crippen LogP contribution is -2.33. The van der Waals surface area contributed by atoms with Crippen LogP contribution in [0.25, 0.3) is 0 Å². The van der Waals surface area contributed by atoms with E-state index in [1.165, 1.54) is 20.3 Å². The van der Waals surface area contributed by atoms with Crippen molar-refractivity contribution in [2.45, 2.75) is 25.8 Å². The minimum atomic E-state index is -1.19. The summed E-state index contributed by atoms with van der Waals surface area (Å²) in [6, 6.07) is 10.0. The summed E-state index contributed by atoms with van der Waals surface area (Å²) >= 11 is 0. The number of ether oxygens (including phenoxy) is 3. The van der Waals surface area contributed by atoms with Gasteiger partial charge in [0.15, 0.2) is 17.5 Å². The van der Waals surface area contributed by atoms with Crippen molar-refractivity contribution < 1.29 is 28.9 Å². The summed E-state index contributed by atoms with van der Waals surface area (Å²) in [6.45, 7) is 2.62. The van der Waals surface area contributed by atoms with E-state index in [0.717, 1.165) is 12.8 Å². The number of amides is 1. The van der Waals surface area contributed by atoms with E-state index in [0.29, 0.717) is 29.4 Å². The first-order chi connectivity index (χ1) is 13.5. The Morgan fingerprint density at radius 1 is 1.04 bits per heavy atom. The SMILES string of the molecule is CCCCOc1ccc(C(=O)NC(C(=O)O)c2ccc(OC)cc2)cc1OC. The molecule has 0 fully saturated rings. The van der Waals surface area contributed by atoms with Gasteiger partial charge in [-0.15, -0.1) is 0 Å². The fraction of sp³-hybridized carbons (Fsp3) is 0.333. The van der Waals surface area contributed by atoms with E-state index >= 15 is 0 Å². The average molecular weight is 387 g/mol. The fourth-order valence-corrected chi connectivity index (χ4v) is 2.55. The van der Waals surface area contributed by atoms with E-state index in [1.807, 2.05) is 0 Å². The Balaban J connectivity index is 2.17. The quantitative estimate of drug-likeness (QED) is 0.607. The lowest BCUT2D eigenvalue weighted by molar-refractivity contribution is -0.139. The monoisotopic (exact) mass is 387 g/mol. The number of methoxy groups -OCH3 is 2. The maximum Gasteiger partial charge on any atom is 0.330 e. The van der Waals surface area contributed by atoms with Gasteiger partial charge in [0, 0.05) is 5.56 Å². The molecule has 1 atom stereocenters. The first kappa shape index (κ1) is 21.1. The van der Waals surface area contributed by atoms with Gasteiger partial charge in [-0.1, -0.05) is 25.5 Å². The Labute approximate surface area is 164 Å². The van der Waals surface area contributed by atoms with Crippen LogP contribution in [-0.2, 0) is 4.79 Å². The number of hydrogen-bond acceptors (Lipinski definition) is 5. The molecule has 0 saturated carbocycles. The van der Waals surface area contributed by atoms with Crippen LogP contribution in [0.4, 0.5) is 0 Å². The van der Waals surface area contributed by atoms with Gasteiger partial charge in [-0.3, -0.25) is 4.79 Å². The third-order valence-electron chi connectivity index (χ3n) is 4.15. The van der Waals surface area contributed by atoms with Crippen molar-refractivity contribution in [1.29, 1.82) is 0 Å². The second kappa shape index (κ2) is 10.2. The molecule has 0 radical (unpaired) electrons. The van der Waals surface area contributed by atoms with E-state index in [2.05, 4.69) is 12.2 Å². The number of carbonyl (C=O) groups excluding carboxylic acids is 1. The van der Waals surface area contributed by atoms with Crippen molar-refractivity contribution in [2.24, 2.45) is 0 Å². The Kier molecular flexibility index (Phi) is 7.68. The number of carboxylic acids is 1. The normalized spacial score (nSPS) is 11.4. The summed E-state index contributed by atoms with van der Waals surface area (Å²) in [6.07, 6.45) is 1.91. The highest BCUT2D eigenvalue weighted by Crippen LogP contribution is 2.28. The number of carboxylic acid groups (broad SMARTS) is 1. The molecule has 1 amide bonds. The van der Waals surface area contributed by atoms with Gasteiger partial charge in [0.1, 0.15) is 5.75 Å². The summed E-state index contributed by atoms with van der Waals surface area (Å²) in [5.41, 5.74) is 0.715. The first-order valence-electron chi connectivity index (χ1n) is 8.98. The predicted molar refractivity (Wildman–Crippen MR) is 104 cm³/mol. The van der Waals surface area contributed by atoms with E-state index in [4.69, 9.17) is 14.2 Å². The zero-order valence-corrected chi connectivity index (χ0v) is 16.2. The van der Waals surface area contributed by atoms with Gasteiger partial charge in [0.2, 0.25) is 0 Å². The zero-order chi connectivity index (χ0) is 20.5. The molecule has 28 heavy (non-hydrogen) atoms. The number of unbranched alkanes of at least 4 members (excludes halogenated alkanes) is 1. The Morgan fingerprint density at radius 3 is 2.32 bits per heavy atom. The van der Waals surface area contributed by atoms with Crippen LogP contribution in [-0.4, -0.2) is 37.8 Å². The van der Waals surface area contributed by atoms with Crippen molar-refractivity contribution in [3.05, 3.63) is 53.6 Å². The molecule has 0 aliphatic rings. The number of aliphatic carboxylic acids is 1. The van der Waals surface area contributed by atoms with Gasteiger partial charge in [0.25, 0.3) is 5.91 Å². The van der Waals surface area contributed by atoms with Crippen LogP contribution in [0.3, 0.4) is 0 Å². The molecule has 150 valence electrons. The number of benzene rings is 2. The Hall–Kier alpha value is -3.22. The van der Waals surface area contributed by atoms with Crippen LogP contribution in [0.2, 0.25) is 0 Å². The van der Waals surface area contributed by atoms with Crippen molar-refractivity contribution >= 4 is 11.9 Å². The van der Waals surface area contributed by atoms with Crippen LogP contribution in [0.1, 0.15) is 41.7 Å². The van der Waals surface area contributed by atoms with E-state index in [9.17, 15) is 14.7 Å². The number of rotatable bonds is 10. The van der Waals surface area contributed by atoms with Crippen LogP contribution < -0.4 is 19.5 Å². The third kappa shape index (κ3) is 5.39. The van der Waals surface area contributed by atoms with Gasteiger partial charge >= 0.3 is 5.97 Å². The molecule has 0 saturated heterocycles. The maximum absolute atomic E-state index is 12.6. The summed E-state index contributed by atoms with van der Waals surface area (Å²) in [5, 5.41) is 12.1. The summed E-state index contributed by atoms with van der Waals surface area (Å²) in [7, 11) is 3.01. The number of nitrogens with one attached hydrogen (secondary N) is 1. The van der Waals surface area contributed by atoms with Crippen molar-refractivity contribution in [1.82, 2.24) is 5.32 Å². The van der Waals surface area contributed by atoms with Gasteiger partial charge in [-0.2, -0.15) is 0 Å².